The lowest BCUT2D eigenvalue weighted by molar-refractivity contribution is -0.139. The van der Waals surface area contributed by atoms with E-state index in [0.29, 0.717) is 11.5 Å². The van der Waals surface area contributed by atoms with Crippen LogP contribution in [0.4, 0.5) is 5.69 Å². The molecule has 0 aromatic heterocycles. The Labute approximate surface area is 247 Å². The van der Waals surface area contributed by atoms with Gasteiger partial charge < -0.3 is 29.2 Å². The maximum atomic E-state index is 14.3. The molecule has 0 saturated heterocycles. The quantitative estimate of drug-likeness (QED) is 0.317. The number of carbonyl (C=O) groups is 2. The molecule has 2 amide bonds. The summed E-state index contributed by atoms with van der Waals surface area (Å²) in [4.78, 5) is 27.9. The van der Waals surface area contributed by atoms with Gasteiger partial charge in [0.1, 0.15) is 24.1 Å². The molecule has 3 aromatic rings. The Morgan fingerprint density at radius 3 is 2.02 bits per heavy atom. The summed E-state index contributed by atoms with van der Waals surface area (Å²) in [6, 6.07) is 15.4. The van der Waals surface area contributed by atoms with Crippen molar-refractivity contribution in [1.29, 1.82) is 0 Å². The molecular weight excluding hydrogens is 562 g/mol. The van der Waals surface area contributed by atoms with Crippen LogP contribution in [-0.2, 0) is 26.2 Å². The van der Waals surface area contributed by atoms with E-state index in [0.717, 1.165) is 15.4 Å². The predicted octanol–water partition coefficient (Wildman–Crippen LogP) is 3.39. The third kappa shape index (κ3) is 7.06. The Kier molecular flexibility index (Phi) is 10.6. The highest BCUT2D eigenvalue weighted by atomic mass is 32.2. The van der Waals surface area contributed by atoms with Gasteiger partial charge in [0.15, 0.2) is 11.5 Å². The molecule has 1 atom stereocenters. The monoisotopic (exact) mass is 599 g/mol. The first-order valence-electron chi connectivity index (χ1n) is 13.0. The molecule has 0 aliphatic rings. The molecule has 0 bridgehead atoms. The van der Waals surface area contributed by atoms with Crippen LogP contribution in [0.15, 0.2) is 65.6 Å². The summed E-state index contributed by atoms with van der Waals surface area (Å²) in [6.07, 6.45) is 0. The molecule has 0 aliphatic heterocycles. The van der Waals surface area contributed by atoms with E-state index >= 15 is 0 Å². The number of benzene rings is 3. The maximum absolute atomic E-state index is 14.3. The van der Waals surface area contributed by atoms with Crippen LogP contribution in [0.3, 0.4) is 0 Å². The first-order chi connectivity index (χ1) is 20.0. The molecule has 0 radical (unpaired) electrons. The Morgan fingerprint density at radius 1 is 0.833 bits per heavy atom. The molecule has 0 fully saturated rings. The average molecular weight is 600 g/mol. The number of rotatable bonds is 13. The normalized spacial score (nSPS) is 11.7. The van der Waals surface area contributed by atoms with E-state index in [4.69, 9.17) is 18.9 Å². The van der Waals surface area contributed by atoms with Crippen LogP contribution < -0.4 is 28.6 Å². The average Bonchev–Trinajstić information content (AvgIpc) is 3.01. The van der Waals surface area contributed by atoms with Gasteiger partial charge >= 0.3 is 0 Å². The van der Waals surface area contributed by atoms with Crippen molar-refractivity contribution in [2.45, 2.75) is 31.3 Å². The number of carbonyl (C=O) groups excluding carboxylic acids is 2. The molecule has 3 rings (SSSR count). The maximum Gasteiger partial charge on any atom is 0.265 e. The van der Waals surface area contributed by atoms with Crippen molar-refractivity contribution >= 4 is 27.5 Å². The zero-order valence-electron chi connectivity index (χ0n) is 24.8. The van der Waals surface area contributed by atoms with Gasteiger partial charge in [0, 0.05) is 25.7 Å². The first kappa shape index (κ1) is 32.1. The molecular formula is C30H37N3O8S. The lowest BCUT2D eigenvalue weighted by Crippen LogP contribution is -2.50. The van der Waals surface area contributed by atoms with Crippen LogP contribution in [0.25, 0.3) is 0 Å². The second-order valence-corrected chi connectivity index (χ2v) is 11.2. The zero-order valence-corrected chi connectivity index (χ0v) is 25.7. The summed E-state index contributed by atoms with van der Waals surface area (Å²) in [7, 11) is 2.73. The Morgan fingerprint density at radius 2 is 1.45 bits per heavy atom. The van der Waals surface area contributed by atoms with Crippen molar-refractivity contribution < 1.29 is 37.0 Å². The van der Waals surface area contributed by atoms with Crippen molar-refractivity contribution in [3.63, 3.8) is 0 Å². The lowest BCUT2D eigenvalue weighted by Gasteiger charge is -2.32. The highest BCUT2D eigenvalue weighted by Crippen LogP contribution is 2.37. The van der Waals surface area contributed by atoms with Crippen LogP contribution in [0.1, 0.15) is 18.1 Å². The number of hydrogen-bond acceptors (Lipinski definition) is 8. The van der Waals surface area contributed by atoms with E-state index in [1.165, 1.54) is 64.7 Å². The van der Waals surface area contributed by atoms with Crippen LogP contribution in [0.5, 0.6) is 23.0 Å². The van der Waals surface area contributed by atoms with Crippen molar-refractivity contribution in [2.24, 2.45) is 0 Å². The number of anilines is 1. The Bertz CT molecular complexity index is 1510. The molecule has 0 unspecified atom stereocenters. The minimum atomic E-state index is -4.41. The standard InChI is InChI=1S/C30H37N3O8S/c1-20-8-10-22(11-9-20)18-32(21(2)30(35)31-3)29(34)19-33(25-16-23(38-4)12-14-26(25)39-5)42(36,37)24-13-15-27(40-6)28(17-24)41-7/h8-17,21H,18-19H2,1-7H3,(H,31,35)/t21-/m1/s1. The smallest absolute Gasteiger partial charge is 0.265 e. The fourth-order valence-electron chi connectivity index (χ4n) is 4.29. The fourth-order valence-corrected chi connectivity index (χ4v) is 5.72. The van der Waals surface area contributed by atoms with Crippen LogP contribution in [0.2, 0.25) is 0 Å². The van der Waals surface area contributed by atoms with Crippen LogP contribution in [-0.4, -0.2) is 73.2 Å². The van der Waals surface area contributed by atoms with E-state index in [9.17, 15) is 18.0 Å². The third-order valence-electron chi connectivity index (χ3n) is 6.76. The lowest BCUT2D eigenvalue weighted by atomic mass is 10.1. The van der Waals surface area contributed by atoms with Gasteiger partial charge in [0.05, 0.1) is 39.0 Å². The van der Waals surface area contributed by atoms with E-state index < -0.39 is 34.4 Å². The van der Waals surface area contributed by atoms with Crippen molar-refractivity contribution in [3.05, 3.63) is 71.8 Å². The second kappa shape index (κ2) is 13.9. The van der Waals surface area contributed by atoms with Gasteiger partial charge in [-0.3, -0.25) is 13.9 Å². The number of hydrogen-bond donors (Lipinski definition) is 1. The number of sulfonamides is 1. The molecule has 0 spiro atoms. The van der Waals surface area contributed by atoms with Gasteiger partial charge in [0.2, 0.25) is 11.8 Å². The number of nitrogens with one attached hydrogen (secondary N) is 1. The molecule has 0 aliphatic carbocycles. The van der Waals surface area contributed by atoms with Crippen molar-refractivity contribution in [1.82, 2.24) is 10.2 Å². The van der Waals surface area contributed by atoms with Gasteiger partial charge in [0.25, 0.3) is 10.0 Å². The number of aryl methyl sites for hydroxylation is 1. The molecule has 12 heteroatoms. The van der Waals surface area contributed by atoms with E-state index in [1.807, 2.05) is 31.2 Å². The van der Waals surface area contributed by atoms with E-state index in [-0.39, 0.29) is 28.6 Å². The summed E-state index contributed by atoms with van der Waals surface area (Å²) < 4.78 is 50.9. The van der Waals surface area contributed by atoms with Gasteiger partial charge in [-0.2, -0.15) is 0 Å². The number of nitrogens with zero attached hydrogens (tertiary/aromatic N) is 2. The minimum absolute atomic E-state index is 0.0721. The molecule has 3 aromatic carbocycles. The first-order valence-corrected chi connectivity index (χ1v) is 14.5. The summed E-state index contributed by atoms with van der Waals surface area (Å²) in [6.45, 7) is 2.96. The second-order valence-electron chi connectivity index (χ2n) is 9.36. The summed E-state index contributed by atoms with van der Waals surface area (Å²) in [5.41, 5.74) is 1.88. The number of likely N-dealkylation sites (N-methyl/N-ethyl adjacent to an activating group) is 1. The van der Waals surface area contributed by atoms with Gasteiger partial charge in [-0.15, -0.1) is 0 Å². The largest absolute Gasteiger partial charge is 0.497 e. The molecule has 0 heterocycles. The van der Waals surface area contributed by atoms with Gasteiger partial charge in [-0.05, 0) is 43.7 Å². The van der Waals surface area contributed by atoms with Gasteiger partial charge in [-0.25, -0.2) is 8.42 Å². The molecule has 0 saturated carbocycles. The molecule has 1 N–H and O–H groups in total. The van der Waals surface area contributed by atoms with Crippen LogP contribution >= 0.6 is 0 Å². The zero-order chi connectivity index (χ0) is 31.0. The molecule has 42 heavy (non-hydrogen) atoms. The minimum Gasteiger partial charge on any atom is -0.497 e. The fraction of sp³-hybridized carbons (Fsp3) is 0.333. The SMILES string of the molecule is CNC(=O)[C@@H](C)N(Cc1ccc(C)cc1)C(=O)CN(c1cc(OC)ccc1OC)S(=O)(=O)c1ccc(OC)c(OC)c1. The molecule has 226 valence electrons. The third-order valence-corrected chi connectivity index (χ3v) is 8.52. The van der Waals surface area contributed by atoms with E-state index in [1.54, 1.807) is 19.1 Å². The number of methoxy groups -OCH3 is 4. The van der Waals surface area contributed by atoms with E-state index in [2.05, 4.69) is 5.32 Å². The summed E-state index contributed by atoms with van der Waals surface area (Å²) in [5, 5.41) is 2.57. The highest BCUT2D eigenvalue weighted by molar-refractivity contribution is 7.92. The van der Waals surface area contributed by atoms with Gasteiger partial charge in [-0.1, -0.05) is 29.8 Å². The molecule has 11 nitrogen and oxygen atoms in total. The van der Waals surface area contributed by atoms with Crippen LogP contribution in [0, 0.1) is 6.92 Å². The number of amides is 2. The number of ether oxygens (including phenoxy) is 4. The predicted molar refractivity (Wildman–Crippen MR) is 159 cm³/mol. The van der Waals surface area contributed by atoms with Crippen molar-refractivity contribution in [2.75, 3.05) is 46.3 Å². The Balaban J connectivity index is 2.17. The summed E-state index contributed by atoms with van der Waals surface area (Å²) in [5.74, 6) is 0.0563. The topological polar surface area (TPSA) is 124 Å². The van der Waals surface area contributed by atoms with Crippen molar-refractivity contribution in [3.8, 4) is 23.0 Å². The summed E-state index contributed by atoms with van der Waals surface area (Å²) >= 11 is 0. The highest BCUT2D eigenvalue weighted by Gasteiger charge is 2.34. The Hall–Kier alpha value is -4.45.